The van der Waals surface area contributed by atoms with Crippen LogP contribution in [0.5, 0.6) is 5.75 Å². The van der Waals surface area contributed by atoms with E-state index in [0.29, 0.717) is 15.3 Å². The molecule has 0 aliphatic carbocycles. The van der Waals surface area contributed by atoms with Gasteiger partial charge in [0.15, 0.2) is 0 Å². The molecular weight excluding hydrogens is 413 g/mol. The van der Waals surface area contributed by atoms with Crippen molar-refractivity contribution in [1.29, 1.82) is 0 Å². The van der Waals surface area contributed by atoms with Crippen LogP contribution in [0.4, 0.5) is 23.7 Å². The maximum absolute atomic E-state index is 13.9. The molecule has 0 aliphatic rings. The summed E-state index contributed by atoms with van der Waals surface area (Å²) >= 11 is 0. The first-order chi connectivity index (χ1) is 14.4. The average molecular weight is 434 g/mol. The van der Waals surface area contributed by atoms with Crippen LogP contribution in [-0.2, 0) is 10.9 Å². The average Bonchev–Trinajstić information content (AvgIpc) is 2.66. The Labute approximate surface area is 176 Å². The van der Waals surface area contributed by atoms with Crippen LogP contribution in [0.1, 0.15) is 26.5 Å². The first kappa shape index (κ1) is 22.2. The van der Waals surface area contributed by atoms with E-state index in [2.05, 4.69) is 5.32 Å². The van der Waals surface area contributed by atoms with Crippen LogP contribution < -0.4 is 15.6 Å². The number of nitrogens with one attached hydrogen (secondary N) is 1. The molecule has 0 saturated heterocycles. The number of nitrogens with zero attached hydrogens (tertiary/aromatic N) is 1. The molecule has 0 unspecified atom stereocenters. The minimum Gasteiger partial charge on any atom is -0.495 e. The standard InChI is InChI=1S/C22H21F3N2O4/c1-21(2,3)31-20(29)26-15-10-12-17(22(23,24)25)27(19(15)28)18-14-8-6-5-7-13(14)9-11-16(18)30-4/h5-12H,1-4H3,(H,26,29). The number of benzene rings is 2. The quantitative estimate of drug-likeness (QED) is 0.602. The van der Waals surface area contributed by atoms with Gasteiger partial charge in [0.2, 0.25) is 0 Å². The fourth-order valence-corrected chi connectivity index (χ4v) is 3.12. The minimum absolute atomic E-state index is 0.0701. The van der Waals surface area contributed by atoms with Gasteiger partial charge in [-0.05, 0) is 44.4 Å². The van der Waals surface area contributed by atoms with E-state index in [4.69, 9.17) is 9.47 Å². The van der Waals surface area contributed by atoms with E-state index in [1.807, 2.05) is 0 Å². The van der Waals surface area contributed by atoms with Crippen LogP contribution in [0.3, 0.4) is 0 Å². The van der Waals surface area contributed by atoms with Crippen LogP contribution in [0, 0.1) is 0 Å². The number of hydrogen-bond acceptors (Lipinski definition) is 4. The number of aromatic nitrogens is 1. The number of fused-ring (bicyclic) bond motifs is 1. The molecule has 0 fully saturated rings. The fraction of sp³-hybridized carbons (Fsp3) is 0.273. The monoisotopic (exact) mass is 434 g/mol. The highest BCUT2D eigenvalue weighted by Gasteiger charge is 2.36. The highest BCUT2D eigenvalue weighted by Crippen LogP contribution is 2.36. The molecule has 164 valence electrons. The zero-order valence-corrected chi connectivity index (χ0v) is 17.3. The molecule has 0 bridgehead atoms. The molecule has 0 spiro atoms. The highest BCUT2D eigenvalue weighted by molar-refractivity contribution is 5.93. The van der Waals surface area contributed by atoms with E-state index < -0.39 is 29.1 Å². The molecule has 0 saturated carbocycles. The first-order valence-corrected chi connectivity index (χ1v) is 9.32. The number of amides is 1. The van der Waals surface area contributed by atoms with Gasteiger partial charge in [-0.25, -0.2) is 4.79 Å². The Balaban J connectivity index is 2.30. The van der Waals surface area contributed by atoms with Crippen molar-refractivity contribution in [3.8, 4) is 11.4 Å². The molecule has 0 radical (unpaired) electrons. The van der Waals surface area contributed by atoms with Gasteiger partial charge in [-0.3, -0.25) is 14.7 Å². The van der Waals surface area contributed by atoms with Crippen molar-refractivity contribution >= 4 is 22.6 Å². The van der Waals surface area contributed by atoms with Gasteiger partial charge < -0.3 is 9.47 Å². The zero-order valence-electron chi connectivity index (χ0n) is 17.3. The second kappa shape index (κ2) is 7.98. The lowest BCUT2D eigenvalue weighted by molar-refractivity contribution is -0.142. The van der Waals surface area contributed by atoms with E-state index in [1.54, 1.807) is 51.1 Å². The van der Waals surface area contributed by atoms with Crippen molar-refractivity contribution in [2.75, 3.05) is 12.4 Å². The number of halogens is 3. The Bertz CT molecular complexity index is 1190. The lowest BCUT2D eigenvalue weighted by atomic mass is 10.1. The van der Waals surface area contributed by atoms with Crippen molar-refractivity contribution in [2.24, 2.45) is 0 Å². The van der Waals surface area contributed by atoms with E-state index in [0.717, 1.165) is 12.1 Å². The molecule has 1 aromatic heterocycles. The third-order valence-corrected chi connectivity index (χ3v) is 4.32. The summed E-state index contributed by atoms with van der Waals surface area (Å²) in [5.41, 5.74) is -3.58. The maximum atomic E-state index is 13.9. The summed E-state index contributed by atoms with van der Waals surface area (Å²) in [6, 6.07) is 11.5. The van der Waals surface area contributed by atoms with Gasteiger partial charge in [0.05, 0.1) is 12.8 Å². The van der Waals surface area contributed by atoms with E-state index in [9.17, 15) is 22.8 Å². The number of carbonyl (C=O) groups excluding carboxylic acids is 1. The highest BCUT2D eigenvalue weighted by atomic mass is 19.4. The van der Waals surface area contributed by atoms with Crippen molar-refractivity contribution in [3.63, 3.8) is 0 Å². The summed E-state index contributed by atoms with van der Waals surface area (Å²) in [4.78, 5) is 25.3. The number of carbonyl (C=O) groups is 1. The SMILES string of the molecule is COc1ccc2ccccc2c1-n1c(C(F)(F)F)ccc(NC(=O)OC(C)(C)C)c1=O. The van der Waals surface area contributed by atoms with Crippen LogP contribution in [0.15, 0.2) is 53.3 Å². The largest absolute Gasteiger partial charge is 0.495 e. The molecule has 9 heteroatoms. The predicted octanol–water partition coefficient (Wildman–Crippen LogP) is 5.37. The normalized spacial score (nSPS) is 12.0. The van der Waals surface area contributed by atoms with Crippen LogP contribution in [0.2, 0.25) is 0 Å². The Morgan fingerprint density at radius 1 is 1.00 bits per heavy atom. The Hall–Kier alpha value is -3.49. The van der Waals surface area contributed by atoms with Crippen molar-refractivity contribution < 1.29 is 27.4 Å². The van der Waals surface area contributed by atoms with Crippen molar-refractivity contribution in [1.82, 2.24) is 4.57 Å². The molecule has 0 aliphatic heterocycles. The zero-order chi connectivity index (χ0) is 23.0. The second-order valence-electron chi connectivity index (χ2n) is 7.74. The summed E-state index contributed by atoms with van der Waals surface area (Å²) < 4.78 is 52.5. The molecule has 0 atom stereocenters. The Morgan fingerprint density at radius 2 is 1.68 bits per heavy atom. The number of rotatable bonds is 3. The van der Waals surface area contributed by atoms with Crippen molar-refractivity contribution in [3.05, 3.63) is 64.6 Å². The van der Waals surface area contributed by atoms with Gasteiger partial charge in [0, 0.05) is 5.39 Å². The lowest BCUT2D eigenvalue weighted by Gasteiger charge is -2.22. The van der Waals surface area contributed by atoms with Crippen LogP contribution in [0.25, 0.3) is 16.5 Å². The summed E-state index contributed by atoms with van der Waals surface area (Å²) in [5.74, 6) is 0.0701. The van der Waals surface area contributed by atoms with Gasteiger partial charge in [-0.15, -0.1) is 0 Å². The molecule has 31 heavy (non-hydrogen) atoms. The van der Waals surface area contributed by atoms with E-state index in [-0.39, 0.29) is 17.1 Å². The van der Waals surface area contributed by atoms with Gasteiger partial charge in [0.1, 0.15) is 22.7 Å². The number of methoxy groups -OCH3 is 1. The maximum Gasteiger partial charge on any atom is 0.431 e. The number of alkyl halides is 3. The molecule has 1 heterocycles. The minimum atomic E-state index is -4.84. The summed E-state index contributed by atoms with van der Waals surface area (Å²) in [6.45, 7) is 4.87. The van der Waals surface area contributed by atoms with Gasteiger partial charge in [0.25, 0.3) is 5.56 Å². The smallest absolute Gasteiger partial charge is 0.431 e. The molecule has 2 aromatic carbocycles. The number of pyridine rings is 1. The third-order valence-electron chi connectivity index (χ3n) is 4.32. The lowest BCUT2D eigenvalue weighted by Crippen LogP contribution is -2.32. The number of hydrogen-bond donors (Lipinski definition) is 1. The fourth-order valence-electron chi connectivity index (χ4n) is 3.12. The van der Waals surface area contributed by atoms with E-state index >= 15 is 0 Å². The third kappa shape index (κ3) is 4.65. The van der Waals surface area contributed by atoms with Crippen LogP contribution >= 0.6 is 0 Å². The molecular formula is C22H21F3N2O4. The topological polar surface area (TPSA) is 69.6 Å². The van der Waals surface area contributed by atoms with Gasteiger partial charge in [-0.1, -0.05) is 30.3 Å². The molecule has 3 aromatic rings. The number of anilines is 1. The molecule has 1 N–H and O–H groups in total. The van der Waals surface area contributed by atoms with E-state index in [1.165, 1.54) is 13.2 Å². The van der Waals surface area contributed by atoms with Gasteiger partial charge in [-0.2, -0.15) is 13.2 Å². The Morgan fingerprint density at radius 3 is 2.29 bits per heavy atom. The first-order valence-electron chi connectivity index (χ1n) is 9.32. The summed E-state index contributed by atoms with van der Waals surface area (Å²) in [5, 5.41) is 3.23. The van der Waals surface area contributed by atoms with Gasteiger partial charge >= 0.3 is 12.3 Å². The molecule has 6 nitrogen and oxygen atoms in total. The molecule has 1 amide bonds. The molecule has 3 rings (SSSR count). The second-order valence-corrected chi connectivity index (χ2v) is 7.74. The van der Waals surface area contributed by atoms with Crippen LogP contribution in [-0.4, -0.2) is 23.4 Å². The number of ether oxygens (including phenoxy) is 2. The Kier molecular flexibility index (Phi) is 5.71. The van der Waals surface area contributed by atoms with Crippen molar-refractivity contribution in [2.45, 2.75) is 32.5 Å². The predicted molar refractivity (Wildman–Crippen MR) is 111 cm³/mol. The summed E-state index contributed by atoms with van der Waals surface area (Å²) in [6.07, 6.45) is -5.80. The summed E-state index contributed by atoms with van der Waals surface area (Å²) in [7, 11) is 1.30.